The molecule has 2 fully saturated rings. The van der Waals surface area contributed by atoms with Gasteiger partial charge in [-0.3, -0.25) is 4.90 Å². The van der Waals surface area contributed by atoms with Crippen molar-refractivity contribution >= 4 is 16.7 Å². The molecule has 0 amide bonds. The molecular weight excluding hydrogens is 324 g/mol. The molecule has 2 N–H and O–H groups in total. The van der Waals surface area contributed by atoms with Crippen molar-refractivity contribution in [3.05, 3.63) is 30.1 Å². The second-order valence-electron chi connectivity index (χ2n) is 7.34. The van der Waals surface area contributed by atoms with Crippen molar-refractivity contribution in [1.82, 2.24) is 20.2 Å². The molecule has 1 aliphatic heterocycles. The van der Waals surface area contributed by atoms with E-state index in [-0.39, 0.29) is 0 Å². The maximum absolute atomic E-state index is 8.88. The molecule has 0 radical (unpaired) electrons. The molecule has 2 aliphatic rings. The minimum atomic E-state index is 0.415. The lowest BCUT2D eigenvalue weighted by Crippen LogP contribution is -2.50. The number of nitrogens with one attached hydrogen (secondary N) is 2. The van der Waals surface area contributed by atoms with Gasteiger partial charge in [0.1, 0.15) is 12.1 Å². The molecule has 0 spiro atoms. The smallest absolute Gasteiger partial charge is 0.137 e. The number of anilines is 1. The zero-order valence-electron chi connectivity index (χ0n) is 15.1. The summed E-state index contributed by atoms with van der Waals surface area (Å²) in [5.74, 6) is 0.920. The van der Waals surface area contributed by atoms with E-state index < -0.39 is 0 Å². The molecule has 26 heavy (non-hydrogen) atoms. The highest BCUT2D eigenvalue weighted by atomic mass is 15.2. The van der Waals surface area contributed by atoms with Gasteiger partial charge in [0.05, 0.1) is 18.0 Å². The summed E-state index contributed by atoms with van der Waals surface area (Å²) in [6.07, 6.45) is 6.92. The van der Waals surface area contributed by atoms with E-state index in [9.17, 15) is 0 Å². The molecule has 1 aromatic carbocycles. The van der Waals surface area contributed by atoms with E-state index in [4.69, 9.17) is 5.26 Å². The van der Waals surface area contributed by atoms with E-state index in [0.717, 1.165) is 41.4 Å². The number of hydrogen-bond acceptors (Lipinski definition) is 6. The van der Waals surface area contributed by atoms with Gasteiger partial charge < -0.3 is 10.6 Å². The molecule has 4 rings (SSSR count). The zero-order valence-corrected chi connectivity index (χ0v) is 15.1. The van der Waals surface area contributed by atoms with Crippen LogP contribution in [0.5, 0.6) is 0 Å². The normalized spacial score (nSPS) is 24.3. The first-order valence-corrected chi connectivity index (χ1v) is 9.65. The minimum absolute atomic E-state index is 0.415. The number of fused-ring (bicyclic) bond motifs is 1. The van der Waals surface area contributed by atoms with E-state index >= 15 is 0 Å². The predicted octanol–water partition coefficient (Wildman–Crippen LogP) is 2.32. The minimum Gasteiger partial charge on any atom is -0.367 e. The zero-order chi connectivity index (χ0) is 17.8. The van der Waals surface area contributed by atoms with Crippen LogP contribution in [-0.2, 0) is 6.42 Å². The van der Waals surface area contributed by atoms with E-state index in [0.29, 0.717) is 12.5 Å². The highest BCUT2D eigenvalue weighted by Crippen LogP contribution is 2.28. The van der Waals surface area contributed by atoms with E-state index in [2.05, 4.69) is 31.6 Å². The Morgan fingerprint density at radius 2 is 1.96 bits per heavy atom. The number of rotatable bonds is 4. The molecule has 1 saturated heterocycles. The van der Waals surface area contributed by atoms with Crippen LogP contribution < -0.4 is 10.6 Å². The van der Waals surface area contributed by atoms with Gasteiger partial charge in [-0.25, -0.2) is 9.97 Å². The van der Waals surface area contributed by atoms with Gasteiger partial charge in [0.2, 0.25) is 0 Å². The molecule has 1 aliphatic carbocycles. The van der Waals surface area contributed by atoms with Gasteiger partial charge in [-0.05, 0) is 43.4 Å². The first-order valence-electron chi connectivity index (χ1n) is 9.65. The summed E-state index contributed by atoms with van der Waals surface area (Å²) in [5.41, 5.74) is 1.91. The summed E-state index contributed by atoms with van der Waals surface area (Å²) in [5, 5.41) is 17.0. The third-order valence-corrected chi connectivity index (χ3v) is 5.69. The fraction of sp³-hybridized carbons (Fsp3) is 0.550. The lowest BCUT2D eigenvalue weighted by molar-refractivity contribution is 0.135. The van der Waals surface area contributed by atoms with Gasteiger partial charge in [-0.15, -0.1) is 0 Å². The number of hydrogen-bond donors (Lipinski definition) is 2. The molecule has 2 aromatic rings. The van der Waals surface area contributed by atoms with Crippen LogP contribution in [0.1, 0.15) is 31.2 Å². The van der Waals surface area contributed by atoms with Gasteiger partial charge in [0.25, 0.3) is 0 Å². The van der Waals surface area contributed by atoms with Crippen LogP contribution >= 0.6 is 0 Å². The molecule has 0 unspecified atom stereocenters. The lowest BCUT2D eigenvalue weighted by atomic mass is 9.89. The summed E-state index contributed by atoms with van der Waals surface area (Å²) >= 11 is 0. The molecule has 6 heteroatoms. The Kier molecular flexibility index (Phi) is 5.28. The van der Waals surface area contributed by atoms with Crippen molar-refractivity contribution in [1.29, 1.82) is 5.26 Å². The third kappa shape index (κ3) is 3.79. The van der Waals surface area contributed by atoms with Crippen LogP contribution in [0, 0.1) is 11.3 Å². The summed E-state index contributed by atoms with van der Waals surface area (Å²) in [4.78, 5) is 11.5. The van der Waals surface area contributed by atoms with Crippen molar-refractivity contribution in [2.24, 2.45) is 0 Å². The Morgan fingerprint density at radius 3 is 2.73 bits per heavy atom. The summed E-state index contributed by atoms with van der Waals surface area (Å²) in [6, 6.07) is 9.45. The standard InChI is InChI=1S/C20H26N6/c21-8-7-15-1-6-18-19(13-15)23-14-24-20(18)25-16-2-4-17(5-3-16)26-11-9-22-10-12-26/h1,6,13-14,16-17,22H,2-5,7,9-12H2,(H,23,24,25). The van der Waals surface area contributed by atoms with Gasteiger partial charge in [-0.2, -0.15) is 5.26 Å². The Balaban J connectivity index is 1.41. The first kappa shape index (κ1) is 17.2. The van der Waals surface area contributed by atoms with Gasteiger partial charge >= 0.3 is 0 Å². The summed E-state index contributed by atoms with van der Waals surface area (Å²) < 4.78 is 0. The van der Waals surface area contributed by atoms with Crippen LogP contribution in [0.25, 0.3) is 10.9 Å². The van der Waals surface area contributed by atoms with E-state index in [1.165, 1.54) is 38.8 Å². The third-order valence-electron chi connectivity index (χ3n) is 5.69. The summed E-state index contributed by atoms with van der Waals surface area (Å²) in [6.45, 7) is 4.62. The molecule has 2 heterocycles. The Hall–Kier alpha value is -2.23. The highest BCUT2D eigenvalue weighted by molar-refractivity contribution is 5.89. The average molecular weight is 350 g/mol. The van der Waals surface area contributed by atoms with Crippen molar-refractivity contribution in [3.63, 3.8) is 0 Å². The fourth-order valence-electron chi connectivity index (χ4n) is 4.24. The highest BCUT2D eigenvalue weighted by Gasteiger charge is 2.26. The lowest BCUT2D eigenvalue weighted by Gasteiger charge is -2.39. The monoisotopic (exact) mass is 350 g/mol. The van der Waals surface area contributed by atoms with Crippen LogP contribution in [0.4, 0.5) is 5.82 Å². The number of benzene rings is 1. The van der Waals surface area contributed by atoms with Crippen LogP contribution in [-0.4, -0.2) is 53.1 Å². The molecule has 6 nitrogen and oxygen atoms in total. The van der Waals surface area contributed by atoms with Crippen LogP contribution in [0.15, 0.2) is 24.5 Å². The fourth-order valence-corrected chi connectivity index (χ4v) is 4.24. The average Bonchev–Trinajstić information content (AvgIpc) is 2.70. The SMILES string of the molecule is N#CCc1ccc2c(NC3CCC(N4CCNCC4)CC3)ncnc2c1. The van der Waals surface area contributed by atoms with Gasteiger partial charge in [0, 0.05) is 43.6 Å². The second kappa shape index (κ2) is 7.98. The maximum atomic E-state index is 8.88. The maximum Gasteiger partial charge on any atom is 0.137 e. The van der Waals surface area contributed by atoms with E-state index in [1.807, 2.05) is 18.2 Å². The summed E-state index contributed by atoms with van der Waals surface area (Å²) in [7, 11) is 0. The van der Waals surface area contributed by atoms with Crippen LogP contribution in [0.2, 0.25) is 0 Å². The molecule has 1 aromatic heterocycles. The Morgan fingerprint density at radius 1 is 1.15 bits per heavy atom. The van der Waals surface area contributed by atoms with Gasteiger partial charge in [0.15, 0.2) is 0 Å². The first-order chi connectivity index (χ1) is 12.8. The van der Waals surface area contributed by atoms with Crippen molar-refractivity contribution in [2.45, 2.75) is 44.2 Å². The molecule has 0 atom stereocenters. The van der Waals surface area contributed by atoms with Crippen molar-refractivity contribution < 1.29 is 0 Å². The van der Waals surface area contributed by atoms with Crippen molar-refractivity contribution in [3.8, 4) is 6.07 Å². The second-order valence-corrected chi connectivity index (χ2v) is 7.34. The van der Waals surface area contributed by atoms with Crippen molar-refractivity contribution in [2.75, 3.05) is 31.5 Å². The van der Waals surface area contributed by atoms with Crippen LogP contribution in [0.3, 0.4) is 0 Å². The Labute approximate surface area is 154 Å². The molecule has 0 bridgehead atoms. The predicted molar refractivity (Wildman–Crippen MR) is 103 cm³/mol. The number of piperazine rings is 1. The number of nitrogens with zero attached hydrogens (tertiary/aromatic N) is 4. The van der Waals surface area contributed by atoms with Gasteiger partial charge in [-0.1, -0.05) is 6.07 Å². The Bertz CT molecular complexity index is 784. The molecule has 1 saturated carbocycles. The number of aromatic nitrogens is 2. The molecule has 136 valence electrons. The topological polar surface area (TPSA) is 76.9 Å². The largest absolute Gasteiger partial charge is 0.367 e. The number of nitriles is 1. The van der Waals surface area contributed by atoms with E-state index in [1.54, 1.807) is 6.33 Å². The molecular formula is C20H26N6. The quantitative estimate of drug-likeness (QED) is 0.881.